The Morgan fingerprint density at radius 1 is 1.06 bits per heavy atom. The minimum Gasteiger partial charge on any atom is -0.392 e. The Labute approximate surface area is 222 Å². The third kappa shape index (κ3) is 4.97. The molecule has 5 rings (SSSR count). The molecule has 0 spiro atoms. The Morgan fingerprint density at radius 3 is 2.61 bits per heavy atom. The number of nitrogens with zero attached hydrogens (tertiary/aromatic N) is 1. The highest BCUT2D eigenvalue weighted by Crippen LogP contribution is 2.41. The third-order valence-electron chi connectivity index (χ3n) is 6.21. The largest absolute Gasteiger partial charge is 0.392 e. The van der Waals surface area contributed by atoms with Crippen molar-refractivity contribution < 1.29 is 14.7 Å². The van der Waals surface area contributed by atoms with Crippen LogP contribution in [0.2, 0.25) is 5.02 Å². The highest BCUT2D eigenvalue weighted by atomic mass is 35.5. The Morgan fingerprint density at radius 2 is 1.86 bits per heavy atom. The number of hydrogen-bond acceptors (Lipinski definition) is 6. The molecule has 0 radical (unpaired) electrons. The monoisotopic (exact) mass is 534 g/mol. The van der Waals surface area contributed by atoms with Gasteiger partial charge in [0, 0.05) is 23.4 Å². The normalized spacial score (nSPS) is 19.8. The van der Waals surface area contributed by atoms with Gasteiger partial charge in [-0.05, 0) is 57.8 Å². The number of halogens is 1. The van der Waals surface area contributed by atoms with Crippen LogP contribution in [0.25, 0.3) is 0 Å². The number of carbonyl (C=O) groups is 2. The first-order chi connectivity index (χ1) is 17.5. The Hall–Kier alpha value is -2.97. The van der Waals surface area contributed by atoms with Crippen LogP contribution in [0.5, 0.6) is 0 Å². The molecule has 3 heterocycles. The molecule has 8 heteroatoms. The molecule has 1 fully saturated rings. The number of aliphatic hydroxyl groups is 1. The second kappa shape index (κ2) is 10.6. The number of aliphatic hydroxyl groups excluding tert-OH is 1. The summed E-state index contributed by atoms with van der Waals surface area (Å²) in [7, 11) is 0. The number of amides is 1. The van der Waals surface area contributed by atoms with Crippen molar-refractivity contribution in [1.29, 1.82) is 0 Å². The van der Waals surface area contributed by atoms with Crippen LogP contribution in [0, 0.1) is 0 Å². The van der Waals surface area contributed by atoms with E-state index in [1.54, 1.807) is 6.07 Å². The summed E-state index contributed by atoms with van der Waals surface area (Å²) in [4.78, 5) is 32.5. The SMILES string of the molecule is O=C1CC(c2ccsc2)(c2cccc(Cc3cccc(CO)c3)n2)NC(=O)C1Sc1ccccc1Cl. The van der Waals surface area contributed by atoms with Crippen molar-refractivity contribution in [2.45, 2.75) is 35.1 Å². The van der Waals surface area contributed by atoms with Crippen molar-refractivity contribution in [3.8, 4) is 0 Å². The summed E-state index contributed by atoms with van der Waals surface area (Å²) in [5.41, 5.74) is 3.09. The highest BCUT2D eigenvalue weighted by Gasteiger charge is 2.48. The minimum atomic E-state index is -1.05. The number of carbonyl (C=O) groups excluding carboxylic acids is 2. The van der Waals surface area contributed by atoms with Crippen molar-refractivity contribution in [3.05, 3.63) is 117 Å². The quantitative estimate of drug-likeness (QED) is 0.311. The van der Waals surface area contributed by atoms with Crippen molar-refractivity contribution in [2.24, 2.45) is 0 Å². The zero-order valence-corrected chi connectivity index (χ0v) is 21.6. The van der Waals surface area contributed by atoms with Crippen LogP contribution in [-0.4, -0.2) is 27.0 Å². The molecule has 0 saturated carbocycles. The summed E-state index contributed by atoms with van der Waals surface area (Å²) in [6.45, 7) is -0.0237. The molecule has 0 aliphatic carbocycles. The van der Waals surface area contributed by atoms with Crippen molar-refractivity contribution in [1.82, 2.24) is 10.3 Å². The molecule has 1 saturated heterocycles. The Balaban J connectivity index is 1.48. The molecule has 4 aromatic rings. The number of hydrogen-bond donors (Lipinski definition) is 2. The molecule has 2 N–H and O–H groups in total. The van der Waals surface area contributed by atoms with E-state index in [1.807, 2.05) is 77.5 Å². The lowest BCUT2D eigenvalue weighted by atomic mass is 9.79. The fourth-order valence-corrected chi connectivity index (χ4v) is 6.43. The Bertz CT molecular complexity index is 1390. The number of rotatable bonds is 7. The van der Waals surface area contributed by atoms with Gasteiger partial charge in [-0.2, -0.15) is 11.3 Å². The number of benzene rings is 2. The van der Waals surface area contributed by atoms with Gasteiger partial charge in [0.25, 0.3) is 0 Å². The van der Waals surface area contributed by atoms with Crippen molar-refractivity contribution in [3.63, 3.8) is 0 Å². The van der Waals surface area contributed by atoms with Crippen molar-refractivity contribution >= 4 is 46.4 Å². The number of piperidine rings is 1. The second-order valence-electron chi connectivity index (χ2n) is 8.65. The standard InChI is InChI=1S/C28H23ClN2O3S2/c29-22-8-1-2-9-24(22)36-26-23(33)15-28(31-27(26)34,20-11-12-35-17-20)25-10-4-7-21(30-25)14-18-5-3-6-19(13-18)16-32/h1-13,17,26,32H,14-16H2,(H,31,34). The van der Waals surface area contributed by atoms with E-state index in [4.69, 9.17) is 16.6 Å². The number of aromatic nitrogens is 1. The average Bonchev–Trinajstić information content (AvgIpc) is 3.43. The molecule has 36 heavy (non-hydrogen) atoms. The first-order valence-corrected chi connectivity index (χ1v) is 13.6. The maximum absolute atomic E-state index is 13.5. The van der Waals surface area contributed by atoms with Crippen LogP contribution in [-0.2, 0) is 28.2 Å². The van der Waals surface area contributed by atoms with Gasteiger partial charge in [0.1, 0.15) is 10.8 Å². The summed E-state index contributed by atoms with van der Waals surface area (Å²) < 4.78 is 0. The van der Waals surface area contributed by atoms with E-state index in [2.05, 4.69) is 5.32 Å². The zero-order chi connectivity index (χ0) is 25.1. The fraction of sp³-hybridized carbons (Fsp3) is 0.179. The van der Waals surface area contributed by atoms with Gasteiger partial charge in [0.15, 0.2) is 5.78 Å². The molecule has 1 aliphatic rings. The van der Waals surface area contributed by atoms with E-state index in [1.165, 1.54) is 23.1 Å². The van der Waals surface area contributed by atoms with Gasteiger partial charge < -0.3 is 10.4 Å². The molecule has 2 aromatic heterocycles. The number of ketones is 1. The van der Waals surface area contributed by atoms with Crippen LogP contribution >= 0.6 is 34.7 Å². The maximum atomic E-state index is 13.5. The topological polar surface area (TPSA) is 79.3 Å². The average molecular weight is 535 g/mol. The van der Waals surface area contributed by atoms with E-state index >= 15 is 0 Å². The maximum Gasteiger partial charge on any atom is 0.242 e. The summed E-state index contributed by atoms with van der Waals surface area (Å²) in [6.07, 6.45) is 0.655. The highest BCUT2D eigenvalue weighted by molar-refractivity contribution is 8.01. The van der Waals surface area contributed by atoms with E-state index in [9.17, 15) is 14.7 Å². The molecular weight excluding hydrogens is 512 g/mol. The van der Waals surface area contributed by atoms with E-state index in [-0.39, 0.29) is 24.7 Å². The van der Waals surface area contributed by atoms with Gasteiger partial charge in [-0.15, -0.1) is 11.8 Å². The molecule has 1 aliphatic heterocycles. The van der Waals surface area contributed by atoms with Crippen LogP contribution in [0.4, 0.5) is 0 Å². The molecule has 182 valence electrons. The first-order valence-electron chi connectivity index (χ1n) is 11.4. The molecular formula is C28H23ClN2O3S2. The van der Waals surface area contributed by atoms with Gasteiger partial charge in [0.2, 0.25) is 5.91 Å². The number of nitrogens with one attached hydrogen (secondary N) is 1. The summed E-state index contributed by atoms with van der Waals surface area (Å²) >= 11 is 8.97. The summed E-state index contributed by atoms with van der Waals surface area (Å²) in [6, 6.07) is 22.6. The number of pyridine rings is 1. The van der Waals surface area contributed by atoms with Crippen LogP contribution in [0.3, 0.4) is 0 Å². The zero-order valence-electron chi connectivity index (χ0n) is 19.2. The van der Waals surface area contributed by atoms with Gasteiger partial charge in [-0.3, -0.25) is 14.6 Å². The van der Waals surface area contributed by atoms with Crippen LogP contribution < -0.4 is 5.32 Å². The second-order valence-corrected chi connectivity index (χ2v) is 11.0. The minimum absolute atomic E-state index is 0.0237. The van der Waals surface area contributed by atoms with Crippen molar-refractivity contribution in [2.75, 3.05) is 0 Å². The third-order valence-corrected chi connectivity index (χ3v) is 8.65. The summed E-state index contributed by atoms with van der Waals surface area (Å²) in [5.74, 6) is -0.525. The summed E-state index contributed by atoms with van der Waals surface area (Å²) in [5, 5.41) is 16.1. The van der Waals surface area contributed by atoms with E-state index in [0.717, 1.165) is 22.4 Å². The lowest BCUT2D eigenvalue weighted by Gasteiger charge is -2.39. The smallest absolute Gasteiger partial charge is 0.242 e. The molecule has 2 atom stereocenters. The van der Waals surface area contributed by atoms with Crippen LogP contribution in [0.1, 0.15) is 34.5 Å². The van der Waals surface area contributed by atoms with E-state index in [0.29, 0.717) is 22.0 Å². The molecule has 2 unspecified atom stereocenters. The predicted molar refractivity (Wildman–Crippen MR) is 143 cm³/mol. The molecule has 0 bridgehead atoms. The number of thioether (sulfide) groups is 1. The first kappa shape index (κ1) is 24.7. The Kier molecular flexibility index (Phi) is 7.25. The number of thiophene rings is 1. The lowest BCUT2D eigenvalue weighted by molar-refractivity contribution is -0.133. The van der Waals surface area contributed by atoms with Gasteiger partial charge in [0.05, 0.1) is 17.3 Å². The molecule has 5 nitrogen and oxygen atoms in total. The van der Waals surface area contributed by atoms with Gasteiger partial charge >= 0.3 is 0 Å². The number of Topliss-reactive ketones (excluding diaryl/α,β-unsaturated/α-hetero) is 1. The predicted octanol–water partition coefficient (Wildman–Crippen LogP) is 5.37. The van der Waals surface area contributed by atoms with E-state index < -0.39 is 10.8 Å². The molecule has 1 amide bonds. The lowest BCUT2D eigenvalue weighted by Crippen LogP contribution is -2.58. The fourth-order valence-electron chi connectivity index (χ4n) is 4.45. The van der Waals surface area contributed by atoms with Crippen LogP contribution in [0.15, 0.2) is 88.5 Å². The van der Waals surface area contributed by atoms with Gasteiger partial charge in [-0.1, -0.05) is 54.1 Å². The molecule has 2 aromatic carbocycles. The van der Waals surface area contributed by atoms with Gasteiger partial charge in [-0.25, -0.2) is 0 Å².